The van der Waals surface area contributed by atoms with Crippen LogP contribution in [-0.4, -0.2) is 50.0 Å². The fourth-order valence-electron chi connectivity index (χ4n) is 2.95. The van der Waals surface area contributed by atoms with E-state index in [1.54, 1.807) is 9.80 Å². The van der Waals surface area contributed by atoms with E-state index in [0.717, 1.165) is 11.3 Å². The van der Waals surface area contributed by atoms with E-state index in [1.165, 1.54) is 0 Å². The molecule has 0 aliphatic carbocycles. The summed E-state index contributed by atoms with van der Waals surface area (Å²) in [5.41, 5.74) is 1.95. The minimum absolute atomic E-state index is 0.0813. The zero-order chi connectivity index (χ0) is 16.3. The Morgan fingerprint density at radius 3 is 2.50 bits per heavy atom. The first-order valence-electron chi connectivity index (χ1n) is 7.73. The highest BCUT2D eigenvalue weighted by molar-refractivity contribution is 7.91. The molecule has 1 unspecified atom stereocenters. The van der Waals surface area contributed by atoms with Crippen LogP contribution in [0, 0.1) is 6.92 Å². The molecule has 22 heavy (non-hydrogen) atoms. The summed E-state index contributed by atoms with van der Waals surface area (Å²) >= 11 is 0. The lowest BCUT2D eigenvalue weighted by molar-refractivity contribution is 0.191. The maximum atomic E-state index is 12.9. The average molecular weight is 324 g/mol. The lowest BCUT2D eigenvalue weighted by Gasteiger charge is -2.33. The summed E-state index contributed by atoms with van der Waals surface area (Å²) in [4.78, 5) is 16.3. The number of amides is 2. The maximum Gasteiger partial charge on any atom is 0.324 e. The SMILES string of the molecule is CCN(C(=O)N(CC)C1CCS(=O)(=O)C1)c1cccc(C)c1. The summed E-state index contributed by atoms with van der Waals surface area (Å²) in [6.45, 7) is 6.88. The second kappa shape index (κ2) is 6.69. The van der Waals surface area contributed by atoms with Crippen LogP contribution in [0.4, 0.5) is 10.5 Å². The fraction of sp³-hybridized carbons (Fsp3) is 0.562. The smallest absolute Gasteiger partial charge is 0.321 e. The Morgan fingerprint density at radius 2 is 2.00 bits per heavy atom. The molecular formula is C16H24N2O3S. The van der Waals surface area contributed by atoms with Crippen molar-refractivity contribution in [3.63, 3.8) is 0 Å². The van der Waals surface area contributed by atoms with Gasteiger partial charge in [0.25, 0.3) is 0 Å². The van der Waals surface area contributed by atoms with Gasteiger partial charge in [-0.2, -0.15) is 0 Å². The molecule has 1 aromatic rings. The Labute approximate surface area is 132 Å². The summed E-state index contributed by atoms with van der Waals surface area (Å²) in [6, 6.07) is 7.48. The van der Waals surface area contributed by atoms with Gasteiger partial charge in [0, 0.05) is 24.8 Å². The maximum absolute atomic E-state index is 12.9. The first-order valence-corrected chi connectivity index (χ1v) is 9.55. The number of hydrogen-bond donors (Lipinski definition) is 0. The van der Waals surface area contributed by atoms with Crippen LogP contribution < -0.4 is 4.90 Å². The van der Waals surface area contributed by atoms with Gasteiger partial charge in [0.15, 0.2) is 9.84 Å². The molecule has 2 amide bonds. The van der Waals surface area contributed by atoms with E-state index in [2.05, 4.69) is 0 Å². The molecular weight excluding hydrogens is 300 g/mol. The number of carbonyl (C=O) groups excluding carboxylic acids is 1. The van der Waals surface area contributed by atoms with Crippen molar-refractivity contribution in [2.75, 3.05) is 29.5 Å². The molecule has 1 aliphatic heterocycles. The molecule has 0 aromatic heterocycles. The van der Waals surface area contributed by atoms with Crippen molar-refractivity contribution in [1.82, 2.24) is 4.90 Å². The Balaban J connectivity index is 2.22. The monoisotopic (exact) mass is 324 g/mol. The molecule has 6 heteroatoms. The number of rotatable bonds is 4. The van der Waals surface area contributed by atoms with Crippen molar-refractivity contribution in [3.8, 4) is 0 Å². The van der Waals surface area contributed by atoms with Gasteiger partial charge in [-0.05, 0) is 44.9 Å². The van der Waals surface area contributed by atoms with E-state index in [1.807, 2.05) is 45.0 Å². The number of aryl methyl sites for hydroxylation is 1. The van der Waals surface area contributed by atoms with Crippen LogP contribution in [-0.2, 0) is 9.84 Å². The van der Waals surface area contributed by atoms with Crippen LogP contribution in [0.1, 0.15) is 25.8 Å². The molecule has 0 spiro atoms. The van der Waals surface area contributed by atoms with Crippen LogP contribution >= 0.6 is 0 Å². The van der Waals surface area contributed by atoms with Crippen LogP contribution in [0.2, 0.25) is 0 Å². The van der Waals surface area contributed by atoms with Gasteiger partial charge in [-0.25, -0.2) is 13.2 Å². The number of urea groups is 1. The van der Waals surface area contributed by atoms with E-state index in [-0.39, 0.29) is 23.6 Å². The van der Waals surface area contributed by atoms with E-state index >= 15 is 0 Å². The van der Waals surface area contributed by atoms with Crippen molar-refractivity contribution in [2.45, 2.75) is 33.2 Å². The summed E-state index contributed by atoms with van der Waals surface area (Å²) in [7, 11) is -3.00. The Hall–Kier alpha value is -1.56. The van der Waals surface area contributed by atoms with Crippen LogP contribution in [0.3, 0.4) is 0 Å². The highest BCUT2D eigenvalue weighted by atomic mass is 32.2. The number of nitrogens with zero attached hydrogens (tertiary/aromatic N) is 2. The third kappa shape index (κ3) is 3.61. The normalized spacial score (nSPS) is 19.9. The van der Waals surface area contributed by atoms with Crippen molar-refractivity contribution in [1.29, 1.82) is 0 Å². The standard InChI is InChI=1S/C16H24N2O3S/c1-4-17(14-8-6-7-13(3)11-14)16(19)18(5-2)15-9-10-22(20,21)12-15/h6-8,11,15H,4-5,9-10,12H2,1-3H3. The molecule has 1 aromatic carbocycles. The number of hydrogen-bond acceptors (Lipinski definition) is 3. The van der Waals surface area contributed by atoms with Gasteiger partial charge < -0.3 is 4.90 Å². The number of benzene rings is 1. The molecule has 0 N–H and O–H groups in total. The Bertz CT molecular complexity index is 643. The molecule has 1 fully saturated rings. The molecule has 0 saturated carbocycles. The molecule has 1 aliphatic rings. The van der Waals surface area contributed by atoms with Crippen molar-refractivity contribution < 1.29 is 13.2 Å². The van der Waals surface area contributed by atoms with E-state index in [4.69, 9.17) is 0 Å². The van der Waals surface area contributed by atoms with Gasteiger partial charge in [0.1, 0.15) is 0 Å². The van der Waals surface area contributed by atoms with E-state index in [9.17, 15) is 13.2 Å². The Kier molecular flexibility index (Phi) is 5.11. The van der Waals surface area contributed by atoms with Crippen molar-refractivity contribution >= 4 is 21.6 Å². The lowest BCUT2D eigenvalue weighted by atomic mass is 10.2. The molecule has 5 nitrogen and oxygen atoms in total. The first kappa shape index (κ1) is 16.8. The highest BCUT2D eigenvalue weighted by Crippen LogP contribution is 2.22. The van der Waals surface area contributed by atoms with Crippen LogP contribution in [0.25, 0.3) is 0 Å². The Morgan fingerprint density at radius 1 is 1.27 bits per heavy atom. The molecule has 0 radical (unpaired) electrons. The second-order valence-corrected chi connectivity index (χ2v) is 7.94. The minimum atomic E-state index is -3.00. The van der Waals surface area contributed by atoms with Crippen LogP contribution in [0.5, 0.6) is 0 Å². The summed E-state index contributed by atoms with van der Waals surface area (Å²) in [5.74, 6) is 0.260. The zero-order valence-electron chi connectivity index (χ0n) is 13.4. The summed E-state index contributed by atoms with van der Waals surface area (Å²) in [6.07, 6.45) is 0.535. The third-order valence-corrected chi connectivity index (χ3v) is 5.85. The quantitative estimate of drug-likeness (QED) is 0.855. The van der Waals surface area contributed by atoms with Gasteiger partial charge in [0.05, 0.1) is 11.5 Å². The molecule has 1 saturated heterocycles. The van der Waals surface area contributed by atoms with Crippen molar-refractivity contribution in [2.24, 2.45) is 0 Å². The average Bonchev–Trinajstić information content (AvgIpc) is 2.81. The third-order valence-electron chi connectivity index (χ3n) is 4.10. The second-order valence-electron chi connectivity index (χ2n) is 5.71. The zero-order valence-corrected chi connectivity index (χ0v) is 14.3. The predicted molar refractivity (Wildman–Crippen MR) is 89.0 cm³/mol. The molecule has 1 atom stereocenters. The lowest BCUT2D eigenvalue weighted by Crippen LogP contribution is -2.48. The molecule has 122 valence electrons. The summed E-state index contributed by atoms with van der Waals surface area (Å²) < 4.78 is 23.4. The van der Waals surface area contributed by atoms with E-state index < -0.39 is 9.84 Å². The van der Waals surface area contributed by atoms with Crippen molar-refractivity contribution in [3.05, 3.63) is 29.8 Å². The van der Waals surface area contributed by atoms with Gasteiger partial charge in [0.2, 0.25) is 0 Å². The predicted octanol–water partition coefficient (Wildman–Crippen LogP) is 2.45. The van der Waals surface area contributed by atoms with Gasteiger partial charge in [-0.15, -0.1) is 0 Å². The molecule has 0 bridgehead atoms. The molecule has 1 heterocycles. The van der Waals surface area contributed by atoms with Gasteiger partial charge >= 0.3 is 6.03 Å². The van der Waals surface area contributed by atoms with Gasteiger partial charge in [-0.3, -0.25) is 4.90 Å². The molecule has 2 rings (SSSR count). The topological polar surface area (TPSA) is 57.7 Å². The fourth-order valence-corrected chi connectivity index (χ4v) is 4.68. The number of sulfone groups is 1. The highest BCUT2D eigenvalue weighted by Gasteiger charge is 2.35. The van der Waals surface area contributed by atoms with Gasteiger partial charge in [-0.1, -0.05) is 12.1 Å². The number of anilines is 1. The first-order chi connectivity index (χ1) is 10.4. The minimum Gasteiger partial charge on any atom is -0.321 e. The van der Waals surface area contributed by atoms with E-state index in [0.29, 0.717) is 19.5 Å². The largest absolute Gasteiger partial charge is 0.324 e. The van der Waals surface area contributed by atoms with Crippen LogP contribution in [0.15, 0.2) is 24.3 Å². The number of carbonyl (C=O) groups is 1. The summed E-state index contributed by atoms with van der Waals surface area (Å²) in [5, 5.41) is 0.